The largest absolute Gasteiger partial charge is 0.347 e. The number of rotatable bonds is 6. The Morgan fingerprint density at radius 2 is 2.19 bits per heavy atom. The zero-order valence-corrected chi connectivity index (χ0v) is 13.6. The summed E-state index contributed by atoms with van der Waals surface area (Å²) in [6, 6.07) is 6.01. The summed E-state index contributed by atoms with van der Waals surface area (Å²) >= 11 is 1.67. The van der Waals surface area contributed by atoms with E-state index in [1.165, 1.54) is 5.56 Å². The quantitative estimate of drug-likeness (QED) is 0.879. The third kappa shape index (κ3) is 4.39. The van der Waals surface area contributed by atoms with Gasteiger partial charge in [0, 0.05) is 12.6 Å². The monoisotopic (exact) mass is 302 g/mol. The molecule has 0 saturated heterocycles. The topological polar surface area (TPSA) is 42.0 Å². The molecule has 2 aromatic rings. The lowest BCUT2D eigenvalue weighted by Gasteiger charge is -2.23. The molecular formula is C17H22N2OS. The number of thiophene rings is 1. The van der Waals surface area contributed by atoms with E-state index in [-0.39, 0.29) is 11.9 Å². The van der Waals surface area contributed by atoms with Crippen LogP contribution in [0, 0.1) is 12.8 Å². The van der Waals surface area contributed by atoms with E-state index in [1.807, 2.05) is 24.4 Å². The number of aromatic nitrogens is 1. The molecule has 1 unspecified atom stereocenters. The van der Waals surface area contributed by atoms with Gasteiger partial charge >= 0.3 is 0 Å². The Bertz CT molecular complexity index is 578. The molecule has 1 N–H and O–H groups in total. The van der Waals surface area contributed by atoms with Crippen LogP contribution in [0.4, 0.5) is 0 Å². The van der Waals surface area contributed by atoms with Crippen LogP contribution in [0.15, 0.2) is 35.2 Å². The summed E-state index contributed by atoms with van der Waals surface area (Å²) < 4.78 is 0. The van der Waals surface area contributed by atoms with Crippen molar-refractivity contribution in [1.82, 2.24) is 10.3 Å². The minimum Gasteiger partial charge on any atom is -0.347 e. The maximum atomic E-state index is 12.2. The third-order valence-electron chi connectivity index (χ3n) is 3.55. The van der Waals surface area contributed by atoms with Gasteiger partial charge < -0.3 is 5.32 Å². The molecule has 0 aliphatic rings. The van der Waals surface area contributed by atoms with Gasteiger partial charge in [-0.2, -0.15) is 11.3 Å². The van der Waals surface area contributed by atoms with Crippen molar-refractivity contribution in [3.8, 4) is 0 Å². The first kappa shape index (κ1) is 15.7. The standard InChI is InChI=1S/C17H22N2OS/c1-12(2)16(17-13(3)5-4-9-18-17)19-15(20)7-6-14-8-10-21-11-14/h4-5,8-12,16H,6-7H2,1-3H3,(H,19,20). The fourth-order valence-electron chi connectivity index (χ4n) is 2.31. The molecule has 0 saturated carbocycles. The first-order chi connectivity index (χ1) is 10.1. The Balaban J connectivity index is 2.00. The first-order valence-electron chi connectivity index (χ1n) is 7.30. The van der Waals surface area contributed by atoms with E-state index in [4.69, 9.17) is 0 Å². The highest BCUT2D eigenvalue weighted by Gasteiger charge is 2.20. The second-order valence-corrected chi connectivity index (χ2v) is 6.41. The van der Waals surface area contributed by atoms with Gasteiger partial charge in [0.25, 0.3) is 0 Å². The van der Waals surface area contributed by atoms with E-state index in [1.54, 1.807) is 17.5 Å². The van der Waals surface area contributed by atoms with Gasteiger partial charge in [-0.05, 0) is 53.3 Å². The highest BCUT2D eigenvalue weighted by atomic mass is 32.1. The molecule has 3 nitrogen and oxygen atoms in total. The van der Waals surface area contributed by atoms with Crippen molar-refractivity contribution < 1.29 is 4.79 Å². The summed E-state index contributed by atoms with van der Waals surface area (Å²) in [4.78, 5) is 16.7. The number of nitrogens with one attached hydrogen (secondary N) is 1. The van der Waals surface area contributed by atoms with Crippen LogP contribution >= 0.6 is 11.3 Å². The van der Waals surface area contributed by atoms with Crippen LogP contribution in [-0.4, -0.2) is 10.9 Å². The molecule has 2 aromatic heterocycles. The molecule has 21 heavy (non-hydrogen) atoms. The molecule has 0 radical (unpaired) electrons. The molecule has 4 heteroatoms. The van der Waals surface area contributed by atoms with Gasteiger partial charge in [-0.25, -0.2) is 0 Å². The van der Waals surface area contributed by atoms with Crippen molar-refractivity contribution in [2.24, 2.45) is 5.92 Å². The van der Waals surface area contributed by atoms with Crippen molar-refractivity contribution in [3.63, 3.8) is 0 Å². The summed E-state index contributed by atoms with van der Waals surface area (Å²) in [7, 11) is 0. The Labute approximate surface area is 130 Å². The molecule has 112 valence electrons. The van der Waals surface area contributed by atoms with E-state index >= 15 is 0 Å². The predicted octanol–water partition coefficient (Wildman–Crippen LogP) is 3.90. The van der Waals surface area contributed by atoms with Crippen LogP contribution in [0.3, 0.4) is 0 Å². The molecule has 0 aliphatic carbocycles. The second kappa shape index (κ2) is 7.36. The zero-order chi connectivity index (χ0) is 15.2. The van der Waals surface area contributed by atoms with Crippen molar-refractivity contribution >= 4 is 17.2 Å². The minimum atomic E-state index is -0.0267. The van der Waals surface area contributed by atoms with E-state index in [0.717, 1.165) is 17.7 Å². The average molecular weight is 302 g/mol. The normalized spacial score (nSPS) is 12.4. The summed E-state index contributed by atoms with van der Waals surface area (Å²) in [6.45, 7) is 6.26. The Kier molecular flexibility index (Phi) is 5.51. The SMILES string of the molecule is Cc1cccnc1C(NC(=O)CCc1ccsc1)C(C)C. The lowest BCUT2D eigenvalue weighted by molar-refractivity contribution is -0.122. The Morgan fingerprint density at radius 3 is 2.81 bits per heavy atom. The number of carbonyl (C=O) groups is 1. The number of pyridine rings is 1. The molecule has 0 fully saturated rings. The van der Waals surface area contributed by atoms with Gasteiger partial charge in [0.05, 0.1) is 11.7 Å². The second-order valence-electron chi connectivity index (χ2n) is 5.63. The lowest BCUT2D eigenvalue weighted by Crippen LogP contribution is -2.33. The third-order valence-corrected chi connectivity index (χ3v) is 4.28. The average Bonchev–Trinajstić information content (AvgIpc) is 2.96. The van der Waals surface area contributed by atoms with E-state index in [0.29, 0.717) is 12.3 Å². The minimum absolute atomic E-state index is 0.0267. The van der Waals surface area contributed by atoms with Gasteiger partial charge in [0.1, 0.15) is 0 Å². The van der Waals surface area contributed by atoms with Crippen LogP contribution in [0.1, 0.15) is 43.1 Å². The fourth-order valence-corrected chi connectivity index (χ4v) is 3.02. The number of carbonyl (C=O) groups excluding carboxylic acids is 1. The van der Waals surface area contributed by atoms with Crippen LogP contribution in [-0.2, 0) is 11.2 Å². The molecule has 0 bridgehead atoms. The van der Waals surface area contributed by atoms with E-state index in [2.05, 4.69) is 35.6 Å². The molecule has 1 atom stereocenters. The molecular weight excluding hydrogens is 280 g/mol. The fraction of sp³-hybridized carbons (Fsp3) is 0.412. The molecule has 0 aliphatic heterocycles. The van der Waals surface area contributed by atoms with Gasteiger partial charge in [-0.15, -0.1) is 0 Å². The zero-order valence-electron chi connectivity index (χ0n) is 12.8. The van der Waals surface area contributed by atoms with Crippen LogP contribution in [0.2, 0.25) is 0 Å². The molecule has 0 spiro atoms. The van der Waals surface area contributed by atoms with E-state index < -0.39 is 0 Å². The smallest absolute Gasteiger partial charge is 0.220 e. The maximum Gasteiger partial charge on any atom is 0.220 e. The Morgan fingerprint density at radius 1 is 1.38 bits per heavy atom. The van der Waals surface area contributed by atoms with Crippen molar-refractivity contribution in [1.29, 1.82) is 0 Å². The predicted molar refractivity (Wildman–Crippen MR) is 87.3 cm³/mol. The van der Waals surface area contributed by atoms with E-state index in [9.17, 15) is 4.79 Å². The Hall–Kier alpha value is -1.68. The molecule has 1 amide bonds. The molecule has 0 aromatic carbocycles. The number of hydrogen-bond acceptors (Lipinski definition) is 3. The summed E-state index contributed by atoms with van der Waals surface area (Å²) in [6.07, 6.45) is 3.10. The number of nitrogens with zero attached hydrogens (tertiary/aromatic N) is 1. The highest BCUT2D eigenvalue weighted by Crippen LogP contribution is 2.22. The van der Waals surface area contributed by atoms with Gasteiger partial charge in [0.2, 0.25) is 5.91 Å². The maximum absolute atomic E-state index is 12.2. The van der Waals surface area contributed by atoms with Crippen molar-refractivity contribution in [3.05, 3.63) is 52.0 Å². The molecule has 2 heterocycles. The van der Waals surface area contributed by atoms with Crippen molar-refractivity contribution in [2.45, 2.75) is 39.7 Å². The van der Waals surface area contributed by atoms with Crippen LogP contribution in [0.25, 0.3) is 0 Å². The van der Waals surface area contributed by atoms with Crippen molar-refractivity contribution in [2.75, 3.05) is 0 Å². The molecule has 2 rings (SSSR count). The number of amides is 1. The van der Waals surface area contributed by atoms with Gasteiger partial charge in [0.15, 0.2) is 0 Å². The summed E-state index contributed by atoms with van der Waals surface area (Å²) in [5.74, 6) is 0.397. The van der Waals surface area contributed by atoms with Gasteiger partial charge in [-0.1, -0.05) is 19.9 Å². The van der Waals surface area contributed by atoms with Crippen LogP contribution in [0.5, 0.6) is 0 Å². The lowest BCUT2D eigenvalue weighted by atomic mass is 9.97. The van der Waals surface area contributed by atoms with Gasteiger partial charge in [-0.3, -0.25) is 9.78 Å². The first-order valence-corrected chi connectivity index (χ1v) is 8.24. The number of hydrogen-bond donors (Lipinski definition) is 1. The van der Waals surface area contributed by atoms with Crippen LogP contribution < -0.4 is 5.32 Å². The number of aryl methyl sites for hydroxylation is 2. The highest BCUT2D eigenvalue weighted by molar-refractivity contribution is 7.07. The summed E-state index contributed by atoms with van der Waals surface area (Å²) in [5.41, 5.74) is 3.32. The summed E-state index contributed by atoms with van der Waals surface area (Å²) in [5, 5.41) is 7.27.